The second-order valence-electron chi connectivity index (χ2n) is 12.6. The van der Waals surface area contributed by atoms with Gasteiger partial charge in [0.1, 0.15) is 16.9 Å². The predicted octanol–water partition coefficient (Wildman–Crippen LogP) is 6.24. The monoisotopic (exact) mass is 665 g/mol. The lowest BCUT2D eigenvalue weighted by atomic mass is 10.1. The normalized spacial score (nSPS) is 12.7. The summed E-state index contributed by atoms with van der Waals surface area (Å²) in [4.78, 5) is 49.9. The van der Waals surface area contributed by atoms with E-state index in [9.17, 15) is 32.9 Å². The van der Waals surface area contributed by atoms with Crippen molar-refractivity contribution < 1.29 is 41.4 Å². The number of ether oxygens (including phenoxy) is 2. The summed E-state index contributed by atoms with van der Waals surface area (Å²) < 4.78 is 43.8. The van der Waals surface area contributed by atoms with Crippen LogP contribution < -0.4 is 5.32 Å². The fourth-order valence-corrected chi connectivity index (χ4v) is 5.48. The van der Waals surface area contributed by atoms with Crippen LogP contribution in [-0.4, -0.2) is 53.2 Å². The number of aromatic nitrogens is 1. The molecule has 47 heavy (non-hydrogen) atoms. The predicted molar refractivity (Wildman–Crippen MR) is 173 cm³/mol. The molecule has 13 nitrogen and oxygen atoms in total. The molecular formula is C33H35N3O10S. The number of rotatable bonds is 9. The van der Waals surface area contributed by atoms with Gasteiger partial charge in [-0.3, -0.25) is 19.1 Å². The van der Waals surface area contributed by atoms with Crippen molar-refractivity contribution in [3.8, 4) is 0 Å². The van der Waals surface area contributed by atoms with Crippen molar-refractivity contribution in [3.05, 3.63) is 100 Å². The maximum atomic E-state index is 13.6. The Morgan fingerprint density at radius 3 is 2.06 bits per heavy atom. The van der Waals surface area contributed by atoms with Gasteiger partial charge in [-0.05, 0) is 83.5 Å². The molecule has 1 unspecified atom stereocenters. The van der Waals surface area contributed by atoms with Crippen LogP contribution in [0.15, 0.2) is 83.8 Å². The average molecular weight is 666 g/mol. The molecule has 4 aromatic rings. The van der Waals surface area contributed by atoms with E-state index < -0.39 is 50.3 Å². The minimum absolute atomic E-state index is 0.0906. The van der Waals surface area contributed by atoms with Gasteiger partial charge in [0, 0.05) is 29.6 Å². The smallest absolute Gasteiger partial charge is 0.419 e. The van der Waals surface area contributed by atoms with Crippen LogP contribution in [0.5, 0.6) is 0 Å². The number of esters is 1. The number of nitro groups is 1. The van der Waals surface area contributed by atoms with Gasteiger partial charge in [0.05, 0.1) is 15.3 Å². The van der Waals surface area contributed by atoms with E-state index in [1.807, 2.05) is 0 Å². The van der Waals surface area contributed by atoms with Crippen molar-refractivity contribution in [1.29, 1.82) is 0 Å². The highest BCUT2D eigenvalue weighted by Crippen LogP contribution is 2.28. The van der Waals surface area contributed by atoms with Gasteiger partial charge < -0.3 is 14.8 Å². The molecule has 248 valence electrons. The van der Waals surface area contributed by atoms with Gasteiger partial charge in [0.2, 0.25) is 0 Å². The number of hydrogen-bond acceptors (Lipinski definition) is 10. The van der Waals surface area contributed by atoms with Gasteiger partial charge in [-0.15, -0.1) is 0 Å². The molecule has 0 saturated carbocycles. The average Bonchev–Trinajstić information content (AvgIpc) is 3.35. The minimum Gasteiger partial charge on any atom is -0.455 e. The zero-order valence-corrected chi connectivity index (χ0v) is 27.5. The van der Waals surface area contributed by atoms with Gasteiger partial charge in [-0.1, -0.05) is 30.3 Å². The third-order valence-corrected chi connectivity index (χ3v) is 7.72. The number of amides is 1. The standard InChI is InChI=1S/C33H35N3O10S/c1-32(2,3)44-30(38)27-20-22-19-23(12-17-26(22)35(27)31(39)45-33(4,5)6)34-29(37)28(18-21-10-8-7-9-11-21)46-47(42,43)25-15-13-24(14-16-25)36(40)41/h7-17,19-20,28H,18H2,1-6H3,(H,34,37). The Kier molecular flexibility index (Phi) is 9.87. The number of nitrogens with one attached hydrogen (secondary N) is 1. The number of hydrogen-bond donors (Lipinski definition) is 1. The number of non-ortho nitro benzene ring substituents is 1. The van der Waals surface area contributed by atoms with Crippen molar-refractivity contribution >= 4 is 50.4 Å². The Balaban J connectivity index is 1.68. The third-order valence-electron chi connectivity index (χ3n) is 6.39. The molecule has 1 aromatic heterocycles. The number of nitrogens with zero attached hydrogens (tertiary/aromatic N) is 2. The van der Waals surface area contributed by atoms with Crippen LogP contribution in [0.4, 0.5) is 16.2 Å². The zero-order valence-electron chi connectivity index (χ0n) is 26.7. The van der Waals surface area contributed by atoms with Gasteiger partial charge >= 0.3 is 12.1 Å². The molecule has 0 saturated heterocycles. The van der Waals surface area contributed by atoms with Crippen molar-refractivity contribution in [3.63, 3.8) is 0 Å². The van der Waals surface area contributed by atoms with Crippen LogP contribution in [0.2, 0.25) is 0 Å². The van der Waals surface area contributed by atoms with E-state index in [0.717, 1.165) is 28.8 Å². The molecule has 1 N–H and O–H groups in total. The fraction of sp³-hybridized carbons (Fsp3) is 0.303. The molecule has 0 fully saturated rings. The summed E-state index contributed by atoms with van der Waals surface area (Å²) >= 11 is 0. The molecule has 0 aliphatic carbocycles. The van der Waals surface area contributed by atoms with Crippen molar-refractivity contribution in [2.24, 2.45) is 0 Å². The first-order chi connectivity index (χ1) is 21.8. The maximum Gasteiger partial charge on any atom is 0.419 e. The summed E-state index contributed by atoms with van der Waals surface area (Å²) in [5.74, 6) is -1.57. The molecule has 3 aromatic carbocycles. The van der Waals surface area contributed by atoms with E-state index in [2.05, 4.69) is 5.32 Å². The summed E-state index contributed by atoms with van der Waals surface area (Å²) in [6.45, 7) is 10.1. The van der Waals surface area contributed by atoms with E-state index in [-0.39, 0.29) is 28.4 Å². The molecule has 1 heterocycles. The second kappa shape index (κ2) is 13.3. The van der Waals surface area contributed by atoms with Crippen LogP contribution in [0, 0.1) is 10.1 Å². The molecule has 1 atom stereocenters. The summed E-state index contributed by atoms with van der Waals surface area (Å²) in [6.07, 6.45) is -2.48. The van der Waals surface area contributed by atoms with Crippen LogP contribution in [0.1, 0.15) is 57.6 Å². The number of nitro benzene ring substituents is 1. The number of carbonyl (C=O) groups excluding carboxylic acids is 3. The van der Waals surface area contributed by atoms with E-state index >= 15 is 0 Å². The van der Waals surface area contributed by atoms with Crippen LogP contribution in [0.25, 0.3) is 10.9 Å². The molecule has 0 spiro atoms. The summed E-state index contributed by atoms with van der Waals surface area (Å²) in [7, 11) is -4.54. The Bertz CT molecular complexity index is 1920. The minimum atomic E-state index is -4.54. The highest BCUT2D eigenvalue weighted by molar-refractivity contribution is 7.86. The van der Waals surface area contributed by atoms with Crippen molar-refractivity contribution in [2.45, 2.75) is 70.2 Å². The highest BCUT2D eigenvalue weighted by atomic mass is 32.2. The van der Waals surface area contributed by atoms with Crippen LogP contribution >= 0.6 is 0 Å². The molecule has 0 aliphatic rings. The lowest BCUT2D eigenvalue weighted by Crippen LogP contribution is -2.34. The molecule has 0 aliphatic heterocycles. The number of benzene rings is 3. The van der Waals surface area contributed by atoms with Gasteiger partial charge in [0.25, 0.3) is 21.7 Å². The molecular weight excluding hydrogens is 630 g/mol. The zero-order chi connectivity index (χ0) is 34.7. The van der Waals surface area contributed by atoms with Crippen molar-refractivity contribution in [1.82, 2.24) is 4.57 Å². The summed E-state index contributed by atoms with van der Waals surface area (Å²) in [6, 6.07) is 18.6. The van der Waals surface area contributed by atoms with E-state index in [0.29, 0.717) is 16.5 Å². The maximum absolute atomic E-state index is 13.6. The number of anilines is 1. The first-order valence-electron chi connectivity index (χ1n) is 14.5. The Morgan fingerprint density at radius 2 is 1.49 bits per heavy atom. The molecule has 4 rings (SSSR count). The van der Waals surface area contributed by atoms with E-state index in [1.165, 1.54) is 24.3 Å². The lowest BCUT2D eigenvalue weighted by Gasteiger charge is -2.22. The lowest BCUT2D eigenvalue weighted by molar-refractivity contribution is -0.384. The second-order valence-corrected chi connectivity index (χ2v) is 14.2. The number of carbonyl (C=O) groups is 3. The largest absolute Gasteiger partial charge is 0.455 e. The first-order valence-corrected chi connectivity index (χ1v) is 15.9. The van der Waals surface area contributed by atoms with Crippen LogP contribution in [-0.2, 0) is 35.0 Å². The summed E-state index contributed by atoms with van der Waals surface area (Å²) in [5, 5.41) is 14.0. The van der Waals surface area contributed by atoms with E-state index in [1.54, 1.807) is 71.9 Å². The third kappa shape index (κ3) is 9.01. The highest BCUT2D eigenvalue weighted by Gasteiger charge is 2.30. The Morgan fingerprint density at radius 1 is 0.872 bits per heavy atom. The van der Waals surface area contributed by atoms with Gasteiger partial charge in [-0.2, -0.15) is 8.42 Å². The SMILES string of the molecule is CC(C)(C)OC(=O)c1cc2cc(NC(=O)C(Cc3ccccc3)OS(=O)(=O)c3ccc([N+](=O)[O-])cc3)ccc2n1C(=O)OC(C)(C)C. The van der Waals surface area contributed by atoms with Gasteiger partial charge in [0.15, 0.2) is 6.10 Å². The molecule has 0 bridgehead atoms. The Labute approximate surface area is 271 Å². The van der Waals surface area contributed by atoms with Crippen molar-refractivity contribution in [2.75, 3.05) is 5.32 Å². The van der Waals surface area contributed by atoms with E-state index in [4.69, 9.17) is 13.7 Å². The quantitative estimate of drug-likeness (QED) is 0.0933. The molecule has 14 heteroatoms. The fourth-order valence-electron chi connectivity index (χ4n) is 4.44. The summed E-state index contributed by atoms with van der Waals surface area (Å²) in [5.41, 5.74) is -0.993. The first kappa shape index (κ1) is 34.8. The molecule has 0 radical (unpaired) electrons. The Hall–Kier alpha value is -5.08. The number of fused-ring (bicyclic) bond motifs is 1. The van der Waals surface area contributed by atoms with Crippen LogP contribution in [0.3, 0.4) is 0 Å². The van der Waals surface area contributed by atoms with Gasteiger partial charge in [-0.25, -0.2) is 14.2 Å². The molecule has 1 amide bonds. The topological polar surface area (TPSA) is 173 Å².